The summed E-state index contributed by atoms with van der Waals surface area (Å²) in [6.07, 6.45) is 13.6. The fourth-order valence-electron chi connectivity index (χ4n) is 3.09. The van der Waals surface area contributed by atoms with Crippen LogP contribution in [0.25, 0.3) is 6.08 Å². The van der Waals surface area contributed by atoms with Crippen LogP contribution in [0.4, 0.5) is 0 Å². The molecule has 0 aliphatic heterocycles. The molecule has 2 heteroatoms. The highest BCUT2D eigenvalue weighted by molar-refractivity contribution is 5.89. The first-order valence-corrected chi connectivity index (χ1v) is 7.59. The van der Waals surface area contributed by atoms with E-state index < -0.39 is 0 Å². The van der Waals surface area contributed by atoms with Crippen LogP contribution < -0.4 is 0 Å². The van der Waals surface area contributed by atoms with Crippen molar-refractivity contribution in [2.45, 2.75) is 19.8 Å². The van der Waals surface area contributed by atoms with Crippen molar-refractivity contribution in [1.29, 1.82) is 0 Å². The monoisotopic (exact) mass is 280 g/mol. The van der Waals surface area contributed by atoms with E-state index in [2.05, 4.69) is 30.4 Å². The third-order valence-corrected chi connectivity index (χ3v) is 4.14. The second-order valence-corrected chi connectivity index (χ2v) is 5.64. The molecule has 0 heterocycles. The Morgan fingerprint density at radius 2 is 2.00 bits per heavy atom. The van der Waals surface area contributed by atoms with Crippen LogP contribution in [0, 0.1) is 11.8 Å². The molecule has 3 rings (SSSR count). The van der Waals surface area contributed by atoms with Crippen molar-refractivity contribution in [3.05, 3.63) is 65.3 Å². The SMILES string of the molecule is CCOC(=O)c1ccc(/C=C2\C[C@H]3C=CC=C[C@@H]2C3)cc1. The maximum Gasteiger partial charge on any atom is 0.338 e. The zero-order valence-corrected chi connectivity index (χ0v) is 12.3. The van der Waals surface area contributed by atoms with Crippen LogP contribution >= 0.6 is 0 Å². The van der Waals surface area contributed by atoms with Crippen LogP contribution in [-0.2, 0) is 4.74 Å². The summed E-state index contributed by atoms with van der Waals surface area (Å²) in [5, 5.41) is 0. The van der Waals surface area contributed by atoms with Gasteiger partial charge in [0.2, 0.25) is 0 Å². The summed E-state index contributed by atoms with van der Waals surface area (Å²) in [5.41, 5.74) is 3.26. The Kier molecular flexibility index (Phi) is 4.05. The minimum absolute atomic E-state index is 0.252. The molecule has 1 aromatic carbocycles. The molecule has 1 aromatic rings. The van der Waals surface area contributed by atoms with Crippen molar-refractivity contribution in [2.24, 2.45) is 11.8 Å². The van der Waals surface area contributed by atoms with E-state index in [1.807, 2.05) is 31.2 Å². The van der Waals surface area contributed by atoms with Crippen LogP contribution in [0.5, 0.6) is 0 Å². The fraction of sp³-hybridized carbons (Fsp3) is 0.316. The summed E-state index contributed by atoms with van der Waals surface area (Å²) in [4.78, 5) is 11.6. The molecule has 2 bridgehead atoms. The van der Waals surface area contributed by atoms with E-state index in [0.717, 1.165) is 12.0 Å². The Bertz CT molecular complexity index is 605. The smallest absolute Gasteiger partial charge is 0.338 e. The average Bonchev–Trinajstić information content (AvgIpc) is 2.70. The van der Waals surface area contributed by atoms with E-state index in [1.54, 1.807) is 0 Å². The number of rotatable bonds is 3. The first kappa shape index (κ1) is 13.9. The first-order chi connectivity index (χ1) is 10.3. The molecule has 0 aromatic heterocycles. The van der Waals surface area contributed by atoms with Gasteiger partial charge in [-0.05, 0) is 49.3 Å². The van der Waals surface area contributed by atoms with Crippen molar-refractivity contribution < 1.29 is 9.53 Å². The van der Waals surface area contributed by atoms with E-state index >= 15 is 0 Å². The Balaban J connectivity index is 1.76. The van der Waals surface area contributed by atoms with Crippen molar-refractivity contribution in [2.75, 3.05) is 6.61 Å². The van der Waals surface area contributed by atoms with Gasteiger partial charge in [0, 0.05) is 0 Å². The van der Waals surface area contributed by atoms with Crippen LogP contribution in [0.3, 0.4) is 0 Å². The maximum atomic E-state index is 11.6. The Labute approximate surface area is 125 Å². The lowest BCUT2D eigenvalue weighted by atomic mass is 9.99. The summed E-state index contributed by atoms with van der Waals surface area (Å²) in [5.74, 6) is 0.989. The Morgan fingerprint density at radius 3 is 2.76 bits per heavy atom. The largest absolute Gasteiger partial charge is 0.462 e. The molecular weight excluding hydrogens is 260 g/mol. The fourth-order valence-corrected chi connectivity index (χ4v) is 3.09. The molecule has 1 fully saturated rings. The number of carbonyl (C=O) groups is 1. The number of allylic oxidation sites excluding steroid dienone is 5. The van der Waals surface area contributed by atoms with Crippen LogP contribution in [-0.4, -0.2) is 12.6 Å². The molecule has 0 radical (unpaired) electrons. The molecule has 0 unspecified atom stereocenters. The molecule has 0 amide bonds. The molecule has 21 heavy (non-hydrogen) atoms. The van der Waals surface area contributed by atoms with Crippen LogP contribution in [0.2, 0.25) is 0 Å². The lowest BCUT2D eigenvalue weighted by molar-refractivity contribution is 0.0526. The van der Waals surface area contributed by atoms with Crippen molar-refractivity contribution in [1.82, 2.24) is 0 Å². The van der Waals surface area contributed by atoms with E-state index in [4.69, 9.17) is 4.74 Å². The van der Waals surface area contributed by atoms with Gasteiger partial charge in [-0.1, -0.05) is 48.1 Å². The van der Waals surface area contributed by atoms with E-state index in [-0.39, 0.29) is 5.97 Å². The standard InChI is InChI=1S/C19H20O2/c1-2-21-19(20)16-9-7-14(8-10-16)11-18-13-15-5-3-4-6-17(18)12-15/h3-11,15,17H,2,12-13H2,1H3/b18-11+/t15-,17+/m0/s1. The minimum atomic E-state index is -0.252. The molecule has 2 atom stereocenters. The van der Waals surface area contributed by atoms with Crippen molar-refractivity contribution in [3.8, 4) is 0 Å². The third-order valence-electron chi connectivity index (χ3n) is 4.14. The quantitative estimate of drug-likeness (QED) is 0.767. The van der Waals surface area contributed by atoms with E-state index in [9.17, 15) is 4.79 Å². The molecular formula is C19H20O2. The molecule has 0 N–H and O–H groups in total. The zero-order valence-electron chi connectivity index (χ0n) is 12.3. The van der Waals surface area contributed by atoms with Crippen molar-refractivity contribution in [3.63, 3.8) is 0 Å². The summed E-state index contributed by atoms with van der Waals surface area (Å²) in [6.45, 7) is 2.23. The lowest BCUT2D eigenvalue weighted by Crippen LogP contribution is -2.04. The third kappa shape index (κ3) is 3.15. The number of ether oxygens (including phenoxy) is 1. The molecule has 2 aliphatic rings. The molecule has 2 nitrogen and oxygen atoms in total. The summed E-state index contributed by atoms with van der Waals surface area (Å²) < 4.78 is 5.00. The topological polar surface area (TPSA) is 26.3 Å². The van der Waals surface area contributed by atoms with Gasteiger partial charge in [-0.3, -0.25) is 0 Å². The Morgan fingerprint density at radius 1 is 1.24 bits per heavy atom. The van der Waals surface area contributed by atoms with Gasteiger partial charge in [-0.2, -0.15) is 0 Å². The predicted molar refractivity (Wildman–Crippen MR) is 84.9 cm³/mol. The maximum absolute atomic E-state index is 11.6. The second-order valence-electron chi connectivity index (χ2n) is 5.64. The van der Waals surface area contributed by atoms with E-state index in [1.165, 1.54) is 12.0 Å². The zero-order chi connectivity index (χ0) is 14.7. The average molecular weight is 280 g/mol. The summed E-state index contributed by atoms with van der Waals surface area (Å²) in [6, 6.07) is 7.67. The highest BCUT2D eigenvalue weighted by Gasteiger charge is 2.26. The Hall–Kier alpha value is -2.09. The van der Waals surface area contributed by atoms with Crippen LogP contribution in [0.15, 0.2) is 54.1 Å². The number of fused-ring (bicyclic) bond motifs is 2. The summed E-state index contributed by atoms with van der Waals surface area (Å²) >= 11 is 0. The first-order valence-electron chi connectivity index (χ1n) is 7.59. The number of esters is 1. The normalized spacial score (nSPS) is 25.1. The van der Waals surface area contributed by atoms with Crippen LogP contribution in [0.1, 0.15) is 35.7 Å². The van der Waals surface area contributed by atoms with E-state index in [0.29, 0.717) is 24.0 Å². The number of hydrogen-bond acceptors (Lipinski definition) is 2. The van der Waals surface area contributed by atoms with Gasteiger partial charge in [0.15, 0.2) is 0 Å². The molecule has 108 valence electrons. The van der Waals surface area contributed by atoms with Gasteiger partial charge in [0.25, 0.3) is 0 Å². The number of benzene rings is 1. The number of carbonyl (C=O) groups excluding carboxylic acids is 1. The van der Waals surface area contributed by atoms with Gasteiger partial charge in [0.1, 0.15) is 0 Å². The van der Waals surface area contributed by atoms with Gasteiger partial charge in [0.05, 0.1) is 12.2 Å². The van der Waals surface area contributed by atoms with Gasteiger partial charge in [-0.25, -0.2) is 4.79 Å². The van der Waals surface area contributed by atoms with Gasteiger partial charge in [-0.15, -0.1) is 0 Å². The predicted octanol–water partition coefficient (Wildman–Crippen LogP) is 4.40. The highest BCUT2D eigenvalue weighted by Crippen LogP contribution is 2.40. The lowest BCUT2D eigenvalue weighted by Gasteiger charge is -2.07. The molecule has 0 saturated heterocycles. The molecule has 2 aliphatic carbocycles. The van der Waals surface area contributed by atoms with Gasteiger partial charge < -0.3 is 4.74 Å². The summed E-state index contributed by atoms with van der Waals surface area (Å²) in [7, 11) is 0. The number of hydrogen-bond donors (Lipinski definition) is 0. The highest BCUT2D eigenvalue weighted by atomic mass is 16.5. The van der Waals surface area contributed by atoms with Crippen molar-refractivity contribution >= 4 is 12.0 Å². The minimum Gasteiger partial charge on any atom is -0.462 e. The molecule has 1 saturated carbocycles. The van der Waals surface area contributed by atoms with Gasteiger partial charge >= 0.3 is 5.97 Å². The molecule has 0 spiro atoms. The second kappa shape index (κ2) is 6.13.